The Morgan fingerprint density at radius 3 is 2.86 bits per heavy atom. The van der Waals surface area contributed by atoms with Gasteiger partial charge >= 0.3 is 5.91 Å². The molecule has 0 saturated carbocycles. The Morgan fingerprint density at radius 1 is 1.21 bits per heavy atom. The lowest BCUT2D eigenvalue weighted by molar-refractivity contribution is -0.114. The van der Waals surface area contributed by atoms with Crippen LogP contribution in [-0.4, -0.2) is 29.1 Å². The van der Waals surface area contributed by atoms with Crippen molar-refractivity contribution < 1.29 is 14.0 Å². The first-order valence-electron chi connectivity index (χ1n) is 8.69. The molecule has 5 rings (SSSR count). The second kappa shape index (κ2) is 6.72. The van der Waals surface area contributed by atoms with Gasteiger partial charge in [0.05, 0.1) is 28.1 Å². The van der Waals surface area contributed by atoms with Gasteiger partial charge in [-0.3, -0.25) is 19.5 Å². The number of benzene rings is 1. The molecular formula is C20H14BrN3O3S. The largest absolute Gasteiger partial charge is 0.467 e. The summed E-state index contributed by atoms with van der Waals surface area (Å²) >= 11 is 4.99. The summed E-state index contributed by atoms with van der Waals surface area (Å²) in [6.45, 7) is 0.180. The van der Waals surface area contributed by atoms with Crippen LogP contribution in [-0.2, 0) is 4.79 Å². The Bertz CT molecular complexity index is 1090. The molecule has 28 heavy (non-hydrogen) atoms. The van der Waals surface area contributed by atoms with Crippen molar-refractivity contribution in [2.45, 2.75) is 12.5 Å². The molecule has 2 aliphatic rings. The molecule has 0 aliphatic carbocycles. The fourth-order valence-electron chi connectivity index (χ4n) is 3.56. The van der Waals surface area contributed by atoms with E-state index in [0.29, 0.717) is 17.7 Å². The molecule has 0 unspecified atom stereocenters. The standard InChI is InChI=1S/C20H14BrN3O3S/c21-12-5-6-15-13(9-12)19(25)20(26)23(15)11-24-16(17-3-1-7-27-17)10-14(22-24)18-4-2-8-28-18/h1-9,16H,10-11H2/t16-/m0/s1. The number of hydrogen-bond donors (Lipinski definition) is 0. The molecule has 4 heterocycles. The maximum absolute atomic E-state index is 12.6. The van der Waals surface area contributed by atoms with Crippen LogP contribution in [0.4, 0.5) is 5.69 Å². The highest BCUT2D eigenvalue weighted by molar-refractivity contribution is 9.10. The van der Waals surface area contributed by atoms with E-state index in [9.17, 15) is 9.59 Å². The van der Waals surface area contributed by atoms with Gasteiger partial charge in [0, 0.05) is 10.9 Å². The quantitative estimate of drug-likeness (QED) is 0.545. The molecule has 0 fully saturated rings. The predicted octanol–water partition coefficient (Wildman–Crippen LogP) is 4.44. The normalized spacial score (nSPS) is 18.8. The number of anilines is 1. The van der Waals surface area contributed by atoms with E-state index in [1.807, 2.05) is 40.7 Å². The van der Waals surface area contributed by atoms with Crippen LogP contribution in [0.15, 0.2) is 68.1 Å². The topological polar surface area (TPSA) is 66.1 Å². The van der Waals surface area contributed by atoms with Crippen molar-refractivity contribution in [2.24, 2.45) is 5.10 Å². The molecule has 0 bridgehead atoms. The van der Waals surface area contributed by atoms with E-state index in [1.54, 1.807) is 29.7 Å². The van der Waals surface area contributed by atoms with Gasteiger partial charge in [0.1, 0.15) is 18.5 Å². The Morgan fingerprint density at radius 2 is 2.11 bits per heavy atom. The van der Waals surface area contributed by atoms with Crippen molar-refractivity contribution in [3.05, 3.63) is 74.8 Å². The van der Waals surface area contributed by atoms with Gasteiger partial charge in [-0.05, 0) is 41.8 Å². The summed E-state index contributed by atoms with van der Waals surface area (Å²) in [4.78, 5) is 27.6. The highest BCUT2D eigenvalue weighted by Gasteiger charge is 2.40. The van der Waals surface area contributed by atoms with Gasteiger partial charge in [-0.1, -0.05) is 22.0 Å². The molecule has 2 aliphatic heterocycles. The summed E-state index contributed by atoms with van der Waals surface area (Å²) in [5, 5.41) is 8.61. The smallest absolute Gasteiger partial charge is 0.301 e. The third-order valence-corrected chi connectivity index (χ3v) is 6.30. The van der Waals surface area contributed by atoms with E-state index in [2.05, 4.69) is 15.9 Å². The summed E-state index contributed by atoms with van der Waals surface area (Å²) in [6, 6.07) is 12.9. The molecule has 8 heteroatoms. The average molecular weight is 456 g/mol. The molecule has 6 nitrogen and oxygen atoms in total. The zero-order valence-corrected chi connectivity index (χ0v) is 16.9. The number of fused-ring (bicyclic) bond motifs is 1. The zero-order chi connectivity index (χ0) is 19.3. The lowest BCUT2D eigenvalue weighted by Gasteiger charge is -2.27. The maximum Gasteiger partial charge on any atom is 0.301 e. The number of thiophene rings is 1. The Kier molecular flexibility index (Phi) is 4.17. The van der Waals surface area contributed by atoms with Gasteiger partial charge in [-0.2, -0.15) is 5.10 Å². The molecule has 0 spiro atoms. The lowest BCUT2D eigenvalue weighted by atomic mass is 10.1. The van der Waals surface area contributed by atoms with Gasteiger partial charge < -0.3 is 4.42 Å². The molecule has 0 radical (unpaired) electrons. The third-order valence-electron chi connectivity index (χ3n) is 4.89. The zero-order valence-electron chi connectivity index (χ0n) is 14.5. The van der Waals surface area contributed by atoms with Gasteiger partial charge in [0.2, 0.25) is 0 Å². The first kappa shape index (κ1) is 17.4. The number of hydrogen-bond acceptors (Lipinski definition) is 6. The number of hydrazone groups is 1. The molecule has 0 saturated heterocycles. The third kappa shape index (κ3) is 2.80. The van der Waals surface area contributed by atoms with E-state index in [0.717, 1.165) is 20.8 Å². The van der Waals surface area contributed by atoms with Crippen molar-refractivity contribution in [1.29, 1.82) is 0 Å². The predicted molar refractivity (Wildman–Crippen MR) is 110 cm³/mol. The fourth-order valence-corrected chi connectivity index (χ4v) is 4.65. The molecule has 1 amide bonds. The number of Topliss-reactive ketones (excluding diaryl/α,β-unsaturated/α-hetero) is 1. The van der Waals surface area contributed by atoms with Crippen molar-refractivity contribution in [2.75, 3.05) is 11.6 Å². The van der Waals surface area contributed by atoms with E-state index in [-0.39, 0.29) is 12.7 Å². The van der Waals surface area contributed by atoms with E-state index < -0.39 is 11.7 Å². The monoisotopic (exact) mass is 455 g/mol. The summed E-state index contributed by atoms with van der Waals surface area (Å²) in [6.07, 6.45) is 2.31. The van der Waals surface area contributed by atoms with E-state index in [4.69, 9.17) is 9.52 Å². The first-order valence-corrected chi connectivity index (χ1v) is 10.4. The second-order valence-electron chi connectivity index (χ2n) is 6.56. The van der Waals surface area contributed by atoms with Crippen molar-refractivity contribution in [3.63, 3.8) is 0 Å². The van der Waals surface area contributed by atoms with Crippen molar-refractivity contribution >= 4 is 50.4 Å². The second-order valence-corrected chi connectivity index (χ2v) is 8.43. The van der Waals surface area contributed by atoms with Crippen LogP contribution in [0.25, 0.3) is 0 Å². The lowest BCUT2D eigenvalue weighted by Crippen LogP contribution is -2.39. The van der Waals surface area contributed by atoms with Crippen LogP contribution in [0.2, 0.25) is 0 Å². The van der Waals surface area contributed by atoms with Gasteiger partial charge in [-0.25, -0.2) is 0 Å². The van der Waals surface area contributed by atoms with Gasteiger partial charge in [0.25, 0.3) is 5.78 Å². The number of rotatable bonds is 4. The Labute approximate surface area is 173 Å². The molecule has 2 aromatic heterocycles. The number of ketones is 1. The molecule has 0 N–H and O–H groups in total. The summed E-state index contributed by atoms with van der Waals surface area (Å²) in [7, 11) is 0. The van der Waals surface area contributed by atoms with Crippen LogP contribution in [0.3, 0.4) is 0 Å². The average Bonchev–Trinajstić information content (AvgIpc) is 3.47. The summed E-state index contributed by atoms with van der Waals surface area (Å²) in [5.74, 6) is -0.247. The minimum Gasteiger partial charge on any atom is -0.467 e. The summed E-state index contributed by atoms with van der Waals surface area (Å²) < 4.78 is 6.39. The van der Waals surface area contributed by atoms with Crippen LogP contribution < -0.4 is 4.90 Å². The highest BCUT2D eigenvalue weighted by Crippen LogP contribution is 2.37. The minimum atomic E-state index is -0.536. The molecule has 1 aromatic carbocycles. The molecule has 140 valence electrons. The number of carbonyl (C=O) groups excluding carboxylic acids is 2. The minimum absolute atomic E-state index is 0.130. The maximum atomic E-state index is 12.6. The van der Waals surface area contributed by atoms with Crippen molar-refractivity contribution in [3.8, 4) is 0 Å². The number of nitrogens with zero attached hydrogens (tertiary/aromatic N) is 3. The van der Waals surface area contributed by atoms with Gasteiger partial charge in [0.15, 0.2) is 0 Å². The van der Waals surface area contributed by atoms with Crippen LogP contribution in [0.5, 0.6) is 0 Å². The Hall–Kier alpha value is -2.71. The molecule has 3 aromatic rings. The molecular weight excluding hydrogens is 442 g/mol. The number of halogens is 1. The van der Waals surface area contributed by atoms with E-state index >= 15 is 0 Å². The fraction of sp³-hybridized carbons (Fsp3) is 0.150. The van der Waals surface area contributed by atoms with Crippen molar-refractivity contribution in [1.82, 2.24) is 5.01 Å². The van der Waals surface area contributed by atoms with Crippen LogP contribution in [0, 0.1) is 0 Å². The summed E-state index contributed by atoms with van der Waals surface area (Å²) in [5.41, 5.74) is 1.97. The van der Waals surface area contributed by atoms with Crippen LogP contribution in [0.1, 0.15) is 33.5 Å². The number of carbonyl (C=O) groups is 2. The highest BCUT2D eigenvalue weighted by atomic mass is 79.9. The number of amides is 1. The SMILES string of the molecule is O=C1C(=O)N(CN2N=C(c3cccs3)C[C@H]2c2ccco2)c2ccc(Br)cc21. The van der Waals surface area contributed by atoms with Gasteiger partial charge in [-0.15, -0.1) is 11.3 Å². The molecule has 1 atom stereocenters. The van der Waals surface area contributed by atoms with E-state index in [1.165, 1.54) is 4.90 Å². The Balaban J connectivity index is 1.50. The number of furan rings is 1. The van der Waals surface area contributed by atoms with Crippen LogP contribution >= 0.6 is 27.3 Å². The first-order chi connectivity index (χ1) is 13.6.